The number of aliphatic hydroxyl groups excluding tert-OH is 1. The lowest BCUT2D eigenvalue weighted by Crippen LogP contribution is -2.30. The van der Waals surface area contributed by atoms with E-state index in [2.05, 4.69) is 6.92 Å². The SMILES string of the molecule is CCCC(CN)C(O)C1C2CCCC21. The molecule has 0 radical (unpaired) electrons. The molecule has 4 unspecified atom stereocenters. The third-order valence-corrected chi connectivity index (χ3v) is 4.31. The number of aliphatic hydroxyl groups is 1. The second kappa shape index (κ2) is 4.19. The summed E-state index contributed by atoms with van der Waals surface area (Å²) in [6.07, 6.45) is 6.23. The monoisotopic (exact) mass is 197 g/mol. The van der Waals surface area contributed by atoms with Crippen molar-refractivity contribution in [1.82, 2.24) is 0 Å². The standard InChI is InChI=1S/C12H23NO/c1-2-4-8(7-13)12(14)11-9-5-3-6-10(9)11/h8-12,14H,2-7,13H2,1H3. The van der Waals surface area contributed by atoms with Crippen LogP contribution >= 0.6 is 0 Å². The molecular weight excluding hydrogens is 174 g/mol. The summed E-state index contributed by atoms with van der Waals surface area (Å²) in [6, 6.07) is 0. The van der Waals surface area contributed by atoms with Gasteiger partial charge in [-0.3, -0.25) is 0 Å². The molecule has 82 valence electrons. The summed E-state index contributed by atoms with van der Waals surface area (Å²) >= 11 is 0. The zero-order valence-electron chi connectivity index (χ0n) is 9.15. The molecule has 2 nitrogen and oxygen atoms in total. The zero-order valence-corrected chi connectivity index (χ0v) is 9.15. The van der Waals surface area contributed by atoms with Crippen LogP contribution in [0.1, 0.15) is 39.0 Å². The molecule has 0 heterocycles. The highest BCUT2D eigenvalue weighted by Gasteiger charge is 2.56. The Bertz CT molecular complexity index is 183. The predicted octanol–water partition coefficient (Wildman–Crippen LogP) is 1.77. The summed E-state index contributed by atoms with van der Waals surface area (Å²) in [5.74, 6) is 2.69. The summed E-state index contributed by atoms with van der Waals surface area (Å²) in [7, 11) is 0. The normalized spacial score (nSPS) is 39.2. The molecule has 0 aliphatic heterocycles. The van der Waals surface area contributed by atoms with E-state index in [1.165, 1.54) is 19.3 Å². The maximum Gasteiger partial charge on any atom is 0.0614 e. The van der Waals surface area contributed by atoms with Gasteiger partial charge in [-0.1, -0.05) is 19.8 Å². The molecule has 0 bridgehead atoms. The van der Waals surface area contributed by atoms with Crippen LogP contribution in [0.2, 0.25) is 0 Å². The molecule has 3 N–H and O–H groups in total. The summed E-state index contributed by atoms with van der Waals surface area (Å²) < 4.78 is 0. The highest BCUT2D eigenvalue weighted by Crippen LogP contribution is 2.59. The topological polar surface area (TPSA) is 46.2 Å². The largest absolute Gasteiger partial charge is 0.392 e. The minimum Gasteiger partial charge on any atom is -0.392 e. The Morgan fingerprint density at radius 2 is 2.00 bits per heavy atom. The maximum atomic E-state index is 10.2. The van der Waals surface area contributed by atoms with Crippen molar-refractivity contribution >= 4 is 0 Å². The molecule has 0 spiro atoms. The van der Waals surface area contributed by atoms with Crippen LogP contribution in [0.15, 0.2) is 0 Å². The molecular formula is C12H23NO. The summed E-state index contributed by atoms with van der Waals surface area (Å²) in [6.45, 7) is 2.83. The van der Waals surface area contributed by atoms with E-state index in [9.17, 15) is 5.11 Å². The van der Waals surface area contributed by atoms with Crippen molar-refractivity contribution in [3.8, 4) is 0 Å². The Labute approximate surface area is 86.9 Å². The Morgan fingerprint density at radius 3 is 2.50 bits per heavy atom. The van der Waals surface area contributed by atoms with Crippen molar-refractivity contribution in [3.05, 3.63) is 0 Å². The number of nitrogens with two attached hydrogens (primary N) is 1. The van der Waals surface area contributed by atoms with Crippen LogP contribution in [0.5, 0.6) is 0 Å². The Kier molecular flexibility index (Phi) is 3.13. The minimum absolute atomic E-state index is 0.102. The Morgan fingerprint density at radius 1 is 1.36 bits per heavy atom. The molecule has 2 aliphatic rings. The van der Waals surface area contributed by atoms with Gasteiger partial charge in [-0.2, -0.15) is 0 Å². The fraction of sp³-hybridized carbons (Fsp3) is 1.00. The molecule has 4 atom stereocenters. The number of hydrogen-bond donors (Lipinski definition) is 2. The van der Waals surface area contributed by atoms with Gasteiger partial charge in [0, 0.05) is 0 Å². The van der Waals surface area contributed by atoms with Crippen molar-refractivity contribution < 1.29 is 5.11 Å². The highest BCUT2D eigenvalue weighted by atomic mass is 16.3. The van der Waals surface area contributed by atoms with E-state index in [1.54, 1.807) is 0 Å². The predicted molar refractivity (Wildman–Crippen MR) is 57.8 cm³/mol. The first-order valence-corrected chi connectivity index (χ1v) is 6.17. The van der Waals surface area contributed by atoms with Crippen LogP contribution in [-0.2, 0) is 0 Å². The summed E-state index contributed by atoms with van der Waals surface area (Å²) in [5.41, 5.74) is 5.72. The van der Waals surface area contributed by atoms with E-state index in [4.69, 9.17) is 5.73 Å². The van der Waals surface area contributed by atoms with E-state index >= 15 is 0 Å². The lowest BCUT2D eigenvalue weighted by molar-refractivity contribution is 0.0727. The molecule has 2 saturated carbocycles. The van der Waals surface area contributed by atoms with Crippen LogP contribution in [0.4, 0.5) is 0 Å². The maximum absolute atomic E-state index is 10.2. The molecule has 2 aliphatic carbocycles. The number of rotatable bonds is 5. The minimum atomic E-state index is -0.102. The third-order valence-electron chi connectivity index (χ3n) is 4.31. The second-order valence-electron chi connectivity index (χ2n) is 5.11. The van der Waals surface area contributed by atoms with Gasteiger partial charge in [0.15, 0.2) is 0 Å². The van der Waals surface area contributed by atoms with Crippen molar-refractivity contribution in [2.75, 3.05) is 6.54 Å². The van der Waals surface area contributed by atoms with E-state index in [-0.39, 0.29) is 6.10 Å². The van der Waals surface area contributed by atoms with Crippen LogP contribution in [0, 0.1) is 23.7 Å². The van der Waals surface area contributed by atoms with Crippen molar-refractivity contribution in [2.24, 2.45) is 29.4 Å². The van der Waals surface area contributed by atoms with Crippen molar-refractivity contribution in [1.29, 1.82) is 0 Å². The first-order valence-electron chi connectivity index (χ1n) is 6.17. The molecule has 0 aromatic heterocycles. The lowest BCUT2D eigenvalue weighted by atomic mass is 9.91. The fourth-order valence-electron chi connectivity index (χ4n) is 3.50. The van der Waals surface area contributed by atoms with Crippen LogP contribution in [0.25, 0.3) is 0 Å². The smallest absolute Gasteiger partial charge is 0.0614 e. The van der Waals surface area contributed by atoms with Gasteiger partial charge in [-0.25, -0.2) is 0 Å². The van der Waals surface area contributed by atoms with E-state index in [1.807, 2.05) is 0 Å². The molecule has 2 rings (SSSR count). The molecule has 0 aromatic carbocycles. The van der Waals surface area contributed by atoms with Crippen LogP contribution in [-0.4, -0.2) is 17.8 Å². The highest BCUT2D eigenvalue weighted by molar-refractivity contribution is 5.05. The van der Waals surface area contributed by atoms with Gasteiger partial charge in [0.05, 0.1) is 6.10 Å². The van der Waals surface area contributed by atoms with E-state index in [0.29, 0.717) is 18.4 Å². The van der Waals surface area contributed by atoms with Gasteiger partial charge in [0.25, 0.3) is 0 Å². The second-order valence-corrected chi connectivity index (χ2v) is 5.11. The Balaban J connectivity index is 1.85. The van der Waals surface area contributed by atoms with E-state index < -0.39 is 0 Å². The Hall–Kier alpha value is -0.0800. The van der Waals surface area contributed by atoms with Gasteiger partial charge in [0.2, 0.25) is 0 Å². The summed E-state index contributed by atoms with van der Waals surface area (Å²) in [5, 5.41) is 10.2. The fourth-order valence-corrected chi connectivity index (χ4v) is 3.50. The molecule has 0 aromatic rings. The van der Waals surface area contributed by atoms with Gasteiger partial charge >= 0.3 is 0 Å². The quantitative estimate of drug-likeness (QED) is 0.705. The summed E-state index contributed by atoms with van der Waals surface area (Å²) in [4.78, 5) is 0. The lowest BCUT2D eigenvalue weighted by Gasteiger charge is -2.22. The first kappa shape index (κ1) is 10.4. The molecule has 14 heavy (non-hydrogen) atoms. The molecule has 0 saturated heterocycles. The number of fused-ring (bicyclic) bond motifs is 1. The average Bonchev–Trinajstić information content (AvgIpc) is 2.67. The van der Waals surface area contributed by atoms with Gasteiger partial charge in [-0.05, 0) is 49.5 Å². The van der Waals surface area contributed by atoms with Gasteiger partial charge < -0.3 is 10.8 Å². The molecule has 2 heteroatoms. The average molecular weight is 197 g/mol. The van der Waals surface area contributed by atoms with E-state index in [0.717, 1.165) is 24.7 Å². The van der Waals surface area contributed by atoms with Gasteiger partial charge in [0.1, 0.15) is 0 Å². The molecule has 2 fully saturated rings. The molecule has 0 amide bonds. The van der Waals surface area contributed by atoms with Crippen molar-refractivity contribution in [3.63, 3.8) is 0 Å². The first-order chi connectivity index (χ1) is 6.79. The zero-order chi connectivity index (χ0) is 10.1. The number of hydrogen-bond acceptors (Lipinski definition) is 2. The van der Waals surface area contributed by atoms with Crippen molar-refractivity contribution in [2.45, 2.75) is 45.1 Å². The van der Waals surface area contributed by atoms with Gasteiger partial charge in [-0.15, -0.1) is 0 Å². The van der Waals surface area contributed by atoms with Crippen LogP contribution < -0.4 is 5.73 Å². The van der Waals surface area contributed by atoms with Crippen LogP contribution in [0.3, 0.4) is 0 Å². The third kappa shape index (κ3) is 1.70.